The lowest BCUT2D eigenvalue weighted by atomic mass is 10.0. The second-order valence-corrected chi connectivity index (χ2v) is 7.75. The van der Waals surface area contributed by atoms with E-state index in [9.17, 15) is 0 Å². The molecule has 2 aliphatic rings. The molecule has 0 aromatic carbocycles. The Morgan fingerprint density at radius 3 is 2.64 bits per heavy atom. The Bertz CT molecular complexity index is 607. The first-order chi connectivity index (χ1) is 12.1. The molecule has 25 heavy (non-hydrogen) atoms. The van der Waals surface area contributed by atoms with E-state index in [1.165, 1.54) is 32.1 Å². The number of hydrogen-bond donors (Lipinski definition) is 2. The van der Waals surface area contributed by atoms with Gasteiger partial charge in [0.1, 0.15) is 11.6 Å². The van der Waals surface area contributed by atoms with Crippen molar-refractivity contribution in [2.75, 3.05) is 41.8 Å². The van der Waals surface area contributed by atoms with Gasteiger partial charge in [-0.15, -0.1) is 0 Å². The molecule has 2 saturated heterocycles. The number of nitrogens with zero attached hydrogens (tertiary/aromatic N) is 4. The molecule has 2 atom stereocenters. The maximum Gasteiger partial charge on any atom is 0.232 e. The smallest absolute Gasteiger partial charge is 0.232 e. The predicted octanol–water partition coefficient (Wildman–Crippen LogP) is 3.01. The zero-order valence-electron chi connectivity index (χ0n) is 15.6. The predicted molar refractivity (Wildman–Crippen MR) is 109 cm³/mol. The molecule has 138 valence electrons. The largest absolute Gasteiger partial charge is 0.365 e. The Labute approximate surface area is 156 Å². The molecule has 3 heterocycles. The van der Waals surface area contributed by atoms with Gasteiger partial charge in [0, 0.05) is 38.8 Å². The summed E-state index contributed by atoms with van der Waals surface area (Å²) >= 11 is 5.25. The molecule has 7 heteroatoms. The molecular weight excluding hydrogens is 332 g/mol. The summed E-state index contributed by atoms with van der Waals surface area (Å²) in [5.41, 5.74) is 0. The number of nitrogens with one attached hydrogen (secondary N) is 2. The van der Waals surface area contributed by atoms with E-state index in [0.29, 0.717) is 23.0 Å². The minimum Gasteiger partial charge on any atom is -0.365 e. The number of anilines is 3. The van der Waals surface area contributed by atoms with Crippen LogP contribution < -0.4 is 20.4 Å². The van der Waals surface area contributed by atoms with Gasteiger partial charge < -0.3 is 20.4 Å². The van der Waals surface area contributed by atoms with Gasteiger partial charge in [-0.1, -0.05) is 6.92 Å². The van der Waals surface area contributed by atoms with E-state index in [4.69, 9.17) is 22.2 Å². The highest BCUT2D eigenvalue weighted by molar-refractivity contribution is 7.80. The van der Waals surface area contributed by atoms with Gasteiger partial charge >= 0.3 is 0 Å². The van der Waals surface area contributed by atoms with Gasteiger partial charge in [0.2, 0.25) is 5.95 Å². The quantitative estimate of drug-likeness (QED) is 0.802. The number of piperidine rings is 2. The Kier molecular flexibility index (Phi) is 5.93. The topological polar surface area (TPSA) is 56.3 Å². The van der Waals surface area contributed by atoms with E-state index in [-0.39, 0.29) is 0 Å². The minimum atomic E-state index is 0.515. The third-order valence-corrected chi connectivity index (χ3v) is 5.54. The van der Waals surface area contributed by atoms with E-state index in [2.05, 4.69) is 40.3 Å². The average Bonchev–Trinajstić information content (AvgIpc) is 2.61. The van der Waals surface area contributed by atoms with Crippen LogP contribution in [0.15, 0.2) is 6.07 Å². The van der Waals surface area contributed by atoms with Crippen molar-refractivity contribution in [1.82, 2.24) is 15.3 Å². The zero-order valence-corrected chi connectivity index (χ0v) is 16.4. The molecule has 2 fully saturated rings. The van der Waals surface area contributed by atoms with Gasteiger partial charge in [-0.25, -0.2) is 0 Å². The Hall–Kier alpha value is -1.63. The maximum atomic E-state index is 5.25. The molecule has 1 aromatic heterocycles. The van der Waals surface area contributed by atoms with E-state index < -0.39 is 0 Å². The highest BCUT2D eigenvalue weighted by Crippen LogP contribution is 2.29. The first kappa shape index (κ1) is 18.2. The lowest BCUT2D eigenvalue weighted by molar-refractivity contribution is 0.444. The second kappa shape index (κ2) is 8.17. The molecule has 0 saturated carbocycles. The Morgan fingerprint density at radius 2 is 1.92 bits per heavy atom. The molecule has 0 unspecified atom stereocenters. The number of thiocarbonyl (C=S) groups is 1. The van der Waals surface area contributed by atoms with Crippen LogP contribution in [0.4, 0.5) is 17.6 Å². The van der Waals surface area contributed by atoms with Crippen LogP contribution in [-0.2, 0) is 0 Å². The zero-order chi connectivity index (χ0) is 17.8. The van der Waals surface area contributed by atoms with Crippen molar-refractivity contribution in [3.8, 4) is 0 Å². The first-order valence-electron chi connectivity index (χ1n) is 9.46. The summed E-state index contributed by atoms with van der Waals surface area (Å²) in [4.78, 5) is 14.3. The van der Waals surface area contributed by atoms with Crippen molar-refractivity contribution in [1.29, 1.82) is 0 Å². The molecule has 1 aromatic rings. The Morgan fingerprint density at radius 1 is 1.12 bits per heavy atom. The van der Waals surface area contributed by atoms with Crippen LogP contribution >= 0.6 is 12.2 Å². The van der Waals surface area contributed by atoms with E-state index in [1.807, 2.05) is 0 Å². The van der Waals surface area contributed by atoms with Crippen LogP contribution in [0.1, 0.15) is 46.0 Å². The lowest BCUT2D eigenvalue weighted by Crippen LogP contribution is -2.39. The average molecular weight is 363 g/mol. The summed E-state index contributed by atoms with van der Waals surface area (Å²) in [5.74, 6) is 3.31. The molecule has 3 rings (SSSR count). The fraction of sp³-hybridized carbons (Fsp3) is 0.722. The van der Waals surface area contributed by atoms with Gasteiger partial charge in [-0.2, -0.15) is 9.97 Å². The molecule has 6 nitrogen and oxygen atoms in total. The molecule has 0 aliphatic carbocycles. The van der Waals surface area contributed by atoms with Crippen LogP contribution in [0, 0.1) is 5.92 Å². The fourth-order valence-corrected chi connectivity index (χ4v) is 3.88. The highest BCUT2D eigenvalue weighted by Gasteiger charge is 2.24. The molecule has 0 bridgehead atoms. The van der Waals surface area contributed by atoms with E-state index >= 15 is 0 Å². The van der Waals surface area contributed by atoms with Gasteiger partial charge in [-0.05, 0) is 57.2 Å². The standard InChI is InChI=1S/C18H30N6S/c1-13-7-6-9-23(12-13)15-11-16(24-10-5-4-8-14(24)2)21-17(20-15)22-18(25)19-3/h11,13-14H,4-10,12H2,1-3H3,(H2,19,20,21,22,25)/t13-,14-/m1/s1. The van der Waals surface area contributed by atoms with Crippen molar-refractivity contribution in [3.63, 3.8) is 0 Å². The van der Waals surface area contributed by atoms with Crippen molar-refractivity contribution >= 4 is 34.9 Å². The van der Waals surface area contributed by atoms with E-state index in [1.54, 1.807) is 7.05 Å². The molecule has 2 N–H and O–H groups in total. The van der Waals surface area contributed by atoms with E-state index in [0.717, 1.165) is 31.3 Å². The number of hydrogen-bond acceptors (Lipinski definition) is 5. The maximum absolute atomic E-state index is 5.25. The van der Waals surface area contributed by atoms with Crippen LogP contribution in [0.5, 0.6) is 0 Å². The summed E-state index contributed by atoms with van der Waals surface area (Å²) in [6, 6.07) is 2.67. The lowest BCUT2D eigenvalue weighted by Gasteiger charge is -2.36. The molecule has 0 amide bonds. The first-order valence-corrected chi connectivity index (χ1v) is 9.87. The normalized spacial score (nSPS) is 24.1. The van der Waals surface area contributed by atoms with Crippen molar-refractivity contribution < 1.29 is 0 Å². The second-order valence-electron chi connectivity index (χ2n) is 7.34. The molecule has 2 aliphatic heterocycles. The van der Waals surface area contributed by atoms with Crippen molar-refractivity contribution in [2.24, 2.45) is 5.92 Å². The van der Waals surface area contributed by atoms with Gasteiger partial charge in [0.05, 0.1) is 0 Å². The van der Waals surface area contributed by atoms with Crippen LogP contribution in [0.3, 0.4) is 0 Å². The molecule has 0 radical (unpaired) electrons. The summed E-state index contributed by atoms with van der Waals surface area (Å²) in [6.07, 6.45) is 6.26. The van der Waals surface area contributed by atoms with Gasteiger partial charge in [0.25, 0.3) is 0 Å². The fourth-order valence-electron chi connectivity index (χ4n) is 3.79. The summed E-state index contributed by atoms with van der Waals surface area (Å²) in [6.45, 7) is 7.78. The molecule has 0 spiro atoms. The third-order valence-electron chi connectivity index (χ3n) is 5.23. The SMILES string of the molecule is CNC(=S)Nc1nc(N2CCC[C@@H](C)C2)cc(N2CCCC[C@H]2C)n1. The number of aromatic nitrogens is 2. The van der Waals surface area contributed by atoms with Gasteiger partial charge in [-0.3, -0.25) is 0 Å². The summed E-state index contributed by atoms with van der Waals surface area (Å²) in [5, 5.41) is 6.61. The summed E-state index contributed by atoms with van der Waals surface area (Å²) < 4.78 is 0. The summed E-state index contributed by atoms with van der Waals surface area (Å²) in [7, 11) is 1.80. The van der Waals surface area contributed by atoms with Crippen LogP contribution in [-0.4, -0.2) is 47.8 Å². The highest BCUT2D eigenvalue weighted by atomic mass is 32.1. The number of rotatable bonds is 3. The minimum absolute atomic E-state index is 0.515. The third kappa shape index (κ3) is 4.51. The molecular formula is C18H30N6S. The van der Waals surface area contributed by atoms with Crippen LogP contribution in [0.25, 0.3) is 0 Å². The monoisotopic (exact) mass is 362 g/mol. The van der Waals surface area contributed by atoms with Crippen molar-refractivity contribution in [2.45, 2.75) is 52.0 Å². The Balaban J connectivity index is 1.91. The van der Waals surface area contributed by atoms with Crippen molar-refractivity contribution in [3.05, 3.63) is 6.07 Å². The van der Waals surface area contributed by atoms with Gasteiger partial charge in [0.15, 0.2) is 5.11 Å². The van der Waals surface area contributed by atoms with Crippen LogP contribution in [0.2, 0.25) is 0 Å².